The van der Waals surface area contributed by atoms with E-state index in [1.165, 1.54) is 7.11 Å². The minimum absolute atomic E-state index is 0.321. The number of oxime groups is 1. The third-order valence-electron chi connectivity index (χ3n) is 3.63. The predicted molar refractivity (Wildman–Crippen MR) is 100 cm³/mol. The second-order valence-corrected chi connectivity index (χ2v) is 5.48. The SMILES string of the molecule is CO/N=C(\COc1ccc(COc2ccccn2)cc1)c1ccccc1. The molecule has 0 saturated heterocycles. The average Bonchev–Trinajstić information content (AvgIpc) is 2.72. The number of hydrogen-bond acceptors (Lipinski definition) is 5. The van der Waals surface area contributed by atoms with Crippen molar-refractivity contribution in [1.82, 2.24) is 4.98 Å². The third-order valence-corrected chi connectivity index (χ3v) is 3.63. The maximum Gasteiger partial charge on any atom is 0.213 e. The topological polar surface area (TPSA) is 52.9 Å². The van der Waals surface area contributed by atoms with E-state index in [0.29, 0.717) is 19.1 Å². The first kappa shape index (κ1) is 17.5. The second-order valence-electron chi connectivity index (χ2n) is 5.48. The lowest BCUT2D eigenvalue weighted by molar-refractivity contribution is 0.210. The molecule has 3 rings (SSSR count). The van der Waals surface area contributed by atoms with Crippen molar-refractivity contribution >= 4 is 5.71 Å². The fourth-order valence-electron chi connectivity index (χ4n) is 2.33. The predicted octanol–water partition coefficient (Wildman–Crippen LogP) is 4.09. The van der Waals surface area contributed by atoms with Crippen LogP contribution in [0.4, 0.5) is 0 Å². The molecule has 0 atom stereocenters. The van der Waals surface area contributed by atoms with E-state index in [1.807, 2.05) is 72.8 Å². The standard InChI is InChI=1S/C21H20N2O3/c1-24-23-20(18-7-3-2-4-8-18)16-25-19-12-10-17(11-13-19)15-26-21-9-5-6-14-22-21/h2-14H,15-16H2,1H3/b23-20+. The van der Waals surface area contributed by atoms with E-state index in [4.69, 9.17) is 14.3 Å². The van der Waals surface area contributed by atoms with Gasteiger partial charge in [-0.25, -0.2) is 4.98 Å². The molecule has 0 N–H and O–H groups in total. The molecule has 0 unspecified atom stereocenters. The normalized spacial score (nSPS) is 11.0. The molecule has 132 valence electrons. The van der Waals surface area contributed by atoms with Crippen molar-refractivity contribution in [2.24, 2.45) is 5.16 Å². The quantitative estimate of drug-likeness (QED) is 0.454. The molecular weight excluding hydrogens is 328 g/mol. The zero-order valence-electron chi connectivity index (χ0n) is 14.5. The maximum absolute atomic E-state index is 5.83. The minimum Gasteiger partial charge on any atom is -0.487 e. The smallest absolute Gasteiger partial charge is 0.213 e. The van der Waals surface area contributed by atoms with E-state index >= 15 is 0 Å². The van der Waals surface area contributed by atoms with E-state index in [1.54, 1.807) is 6.20 Å². The van der Waals surface area contributed by atoms with E-state index in [9.17, 15) is 0 Å². The number of aromatic nitrogens is 1. The summed E-state index contributed by atoms with van der Waals surface area (Å²) in [7, 11) is 1.53. The number of nitrogens with zero attached hydrogens (tertiary/aromatic N) is 2. The van der Waals surface area contributed by atoms with Gasteiger partial charge in [-0.1, -0.05) is 53.7 Å². The maximum atomic E-state index is 5.83. The molecule has 0 aliphatic carbocycles. The first-order valence-electron chi connectivity index (χ1n) is 8.26. The number of rotatable bonds is 8. The average molecular weight is 348 g/mol. The van der Waals surface area contributed by atoms with Crippen LogP contribution in [0, 0.1) is 0 Å². The zero-order valence-corrected chi connectivity index (χ0v) is 14.5. The molecule has 5 heteroatoms. The van der Waals surface area contributed by atoms with Gasteiger partial charge in [0, 0.05) is 17.8 Å². The summed E-state index contributed by atoms with van der Waals surface area (Å²) in [6, 6.07) is 23.1. The highest BCUT2D eigenvalue weighted by molar-refractivity contribution is 6.01. The van der Waals surface area contributed by atoms with Crippen LogP contribution in [0.3, 0.4) is 0 Å². The summed E-state index contributed by atoms with van der Waals surface area (Å²) in [5.41, 5.74) is 2.74. The summed E-state index contributed by atoms with van der Waals surface area (Å²) >= 11 is 0. The lowest BCUT2D eigenvalue weighted by Crippen LogP contribution is -2.13. The molecule has 0 fully saturated rings. The van der Waals surface area contributed by atoms with Gasteiger partial charge >= 0.3 is 0 Å². The summed E-state index contributed by atoms with van der Waals surface area (Å²) < 4.78 is 11.5. The largest absolute Gasteiger partial charge is 0.487 e. The zero-order chi connectivity index (χ0) is 18.0. The Labute approximate surface area is 152 Å². The Balaban J connectivity index is 1.56. The van der Waals surface area contributed by atoms with Crippen LogP contribution >= 0.6 is 0 Å². The Bertz CT molecular complexity index is 819. The molecule has 3 aromatic rings. The van der Waals surface area contributed by atoms with E-state index in [0.717, 1.165) is 22.6 Å². The highest BCUT2D eigenvalue weighted by atomic mass is 16.6. The number of ether oxygens (including phenoxy) is 2. The third kappa shape index (κ3) is 5.08. The molecule has 2 aromatic carbocycles. The first-order chi connectivity index (χ1) is 12.8. The van der Waals surface area contributed by atoms with Crippen LogP contribution in [0.25, 0.3) is 0 Å². The molecule has 26 heavy (non-hydrogen) atoms. The van der Waals surface area contributed by atoms with Crippen molar-refractivity contribution < 1.29 is 14.3 Å². The molecule has 0 spiro atoms. The lowest BCUT2D eigenvalue weighted by Gasteiger charge is -2.10. The van der Waals surface area contributed by atoms with Gasteiger partial charge in [0.1, 0.15) is 31.8 Å². The molecule has 0 radical (unpaired) electrons. The van der Waals surface area contributed by atoms with Crippen LogP contribution in [0.2, 0.25) is 0 Å². The van der Waals surface area contributed by atoms with Crippen molar-refractivity contribution in [2.75, 3.05) is 13.7 Å². The molecule has 5 nitrogen and oxygen atoms in total. The van der Waals surface area contributed by atoms with Crippen molar-refractivity contribution in [3.63, 3.8) is 0 Å². The number of hydrogen-bond donors (Lipinski definition) is 0. The summed E-state index contributed by atoms with van der Waals surface area (Å²) in [5, 5.41) is 4.05. The van der Waals surface area contributed by atoms with Gasteiger partial charge in [-0.05, 0) is 23.8 Å². The molecule has 0 aliphatic rings. The molecular formula is C21H20N2O3. The molecule has 1 aromatic heterocycles. The van der Waals surface area contributed by atoms with Crippen LogP contribution in [-0.2, 0) is 11.4 Å². The number of benzene rings is 2. The van der Waals surface area contributed by atoms with Crippen LogP contribution in [-0.4, -0.2) is 24.4 Å². The van der Waals surface area contributed by atoms with E-state index in [2.05, 4.69) is 10.1 Å². The van der Waals surface area contributed by atoms with Gasteiger partial charge in [0.25, 0.3) is 0 Å². The van der Waals surface area contributed by atoms with Gasteiger partial charge in [-0.2, -0.15) is 0 Å². The Morgan fingerprint density at radius 2 is 1.65 bits per heavy atom. The van der Waals surface area contributed by atoms with Gasteiger partial charge in [0.15, 0.2) is 0 Å². The molecule has 0 amide bonds. The molecule has 0 bridgehead atoms. The van der Waals surface area contributed by atoms with Crippen LogP contribution in [0.15, 0.2) is 84.1 Å². The van der Waals surface area contributed by atoms with Gasteiger partial charge in [-0.3, -0.25) is 0 Å². The second kappa shape index (κ2) is 9.22. The summed E-state index contributed by atoms with van der Waals surface area (Å²) in [5.74, 6) is 1.36. The van der Waals surface area contributed by atoms with Gasteiger partial charge < -0.3 is 14.3 Å². The number of pyridine rings is 1. The summed E-state index contributed by atoms with van der Waals surface area (Å²) in [6.45, 7) is 0.777. The highest BCUT2D eigenvalue weighted by Crippen LogP contribution is 2.15. The van der Waals surface area contributed by atoms with Crippen LogP contribution in [0.5, 0.6) is 11.6 Å². The van der Waals surface area contributed by atoms with Crippen molar-refractivity contribution in [3.05, 3.63) is 90.1 Å². The Kier molecular flexibility index (Phi) is 6.20. The fourth-order valence-corrected chi connectivity index (χ4v) is 2.33. The van der Waals surface area contributed by atoms with Gasteiger partial charge in [0.05, 0.1) is 0 Å². The van der Waals surface area contributed by atoms with Crippen molar-refractivity contribution in [3.8, 4) is 11.6 Å². The molecule has 0 saturated carbocycles. The summed E-state index contributed by atoms with van der Waals surface area (Å²) in [4.78, 5) is 9.06. The van der Waals surface area contributed by atoms with Gasteiger partial charge in [-0.15, -0.1) is 0 Å². The fraction of sp³-hybridized carbons (Fsp3) is 0.143. The van der Waals surface area contributed by atoms with E-state index < -0.39 is 0 Å². The van der Waals surface area contributed by atoms with Crippen LogP contribution < -0.4 is 9.47 Å². The van der Waals surface area contributed by atoms with Crippen molar-refractivity contribution in [2.45, 2.75) is 6.61 Å². The Morgan fingerprint density at radius 1 is 0.885 bits per heavy atom. The monoisotopic (exact) mass is 348 g/mol. The Hall–Kier alpha value is -3.34. The highest BCUT2D eigenvalue weighted by Gasteiger charge is 2.06. The molecule has 0 aliphatic heterocycles. The van der Waals surface area contributed by atoms with Crippen molar-refractivity contribution in [1.29, 1.82) is 0 Å². The van der Waals surface area contributed by atoms with Crippen LogP contribution in [0.1, 0.15) is 11.1 Å². The Morgan fingerprint density at radius 3 is 2.35 bits per heavy atom. The summed E-state index contributed by atoms with van der Waals surface area (Å²) in [6.07, 6.45) is 1.71. The van der Waals surface area contributed by atoms with E-state index in [-0.39, 0.29) is 0 Å². The lowest BCUT2D eigenvalue weighted by atomic mass is 10.1. The van der Waals surface area contributed by atoms with Gasteiger partial charge in [0.2, 0.25) is 5.88 Å². The molecule has 1 heterocycles. The minimum atomic E-state index is 0.321. The first-order valence-corrected chi connectivity index (χ1v) is 8.26.